The predicted molar refractivity (Wildman–Crippen MR) is 180 cm³/mol. The molecular weight excluding hydrogens is 644 g/mol. The van der Waals surface area contributed by atoms with Crippen LogP contribution >= 0.6 is 0 Å². The van der Waals surface area contributed by atoms with E-state index < -0.39 is 28.5 Å². The molecule has 0 bridgehead atoms. The molecule has 13 heteroatoms. The van der Waals surface area contributed by atoms with Crippen molar-refractivity contribution in [2.45, 2.75) is 33.5 Å². The van der Waals surface area contributed by atoms with E-state index in [1.165, 1.54) is 85.3 Å². The molecular formula is C37H35N4O9+. The predicted octanol–water partition coefficient (Wildman–Crippen LogP) is 5.36. The Kier molecular flexibility index (Phi) is 10.0. The number of imide groups is 1. The van der Waals surface area contributed by atoms with Crippen molar-refractivity contribution in [2.24, 2.45) is 0 Å². The van der Waals surface area contributed by atoms with E-state index in [1.807, 2.05) is 0 Å². The molecule has 1 aliphatic rings. The van der Waals surface area contributed by atoms with Crippen LogP contribution in [0.25, 0.3) is 0 Å². The number of Topliss-reactive ketones (excluding diaryl/α,β-unsaturated/α-hetero) is 1. The molecule has 256 valence electrons. The zero-order chi connectivity index (χ0) is 36.3. The summed E-state index contributed by atoms with van der Waals surface area (Å²) in [6.45, 7) is 2.75. The first-order valence-electron chi connectivity index (χ1n) is 15.5. The third-order valence-electron chi connectivity index (χ3n) is 8.35. The van der Waals surface area contributed by atoms with Gasteiger partial charge in [0.25, 0.3) is 5.91 Å². The molecule has 0 saturated heterocycles. The van der Waals surface area contributed by atoms with Crippen molar-refractivity contribution >= 4 is 46.9 Å². The molecule has 0 aliphatic carbocycles. The van der Waals surface area contributed by atoms with Crippen molar-refractivity contribution in [3.63, 3.8) is 0 Å². The Balaban J connectivity index is 1.24. The number of nitrogens with zero attached hydrogens (tertiary/aromatic N) is 4. The van der Waals surface area contributed by atoms with Crippen LogP contribution in [0, 0.1) is 0 Å². The molecule has 13 nitrogen and oxygen atoms in total. The summed E-state index contributed by atoms with van der Waals surface area (Å²) in [6.07, 6.45) is -0.717. The molecule has 0 radical (unpaired) electrons. The SMILES string of the molecule is CC(=O)c1ccccc1C(=O)N(O)c1cccc(CN(C)C(=O)OCc2ccc3c(c2)C(=O)[N+](O)(c2cccc(CN(C)C(C)=O)c2)C3=O)c1. The van der Waals surface area contributed by atoms with E-state index >= 15 is 0 Å². The quantitative estimate of drug-likeness (QED) is 0.0739. The number of carbonyl (C=O) groups is 6. The zero-order valence-electron chi connectivity index (χ0n) is 27.8. The number of hydrogen-bond acceptors (Lipinski definition) is 9. The molecule has 0 spiro atoms. The number of rotatable bonds is 10. The normalized spacial score (nSPS) is 14.9. The molecule has 4 aromatic carbocycles. The zero-order valence-corrected chi connectivity index (χ0v) is 27.8. The van der Waals surface area contributed by atoms with Crippen molar-refractivity contribution < 1.29 is 43.9 Å². The summed E-state index contributed by atoms with van der Waals surface area (Å²) >= 11 is 0. The Bertz CT molecular complexity index is 2040. The van der Waals surface area contributed by atoms with Crippen LogP contribution in [0.1, 0.15) is 72.0 Å². The van der Waals surface area contributed by atoms with Gasteiger partial charge in [-0.3, -0.25) is 19.6 Å². The van der Waals surface area contributed by atoms with E-state index in [2.05, 4.69) is 0 Å². The largest absolute Gasteiger partial charge is 0.445 e. The van der Waals surface area contributed by atoms with Gasteiger partial charge >= 0.3 is 17.9 Å². The summed E-state index contributed by atoms with van der Waals surface area (Å²) in [5.41, 5.74) is 1.92. The van der Waals surface area contributed by atoms with Gasteiger partial charge in [0, 0.05) is 51.8 Å². The highest BCUT2D eigenvalue weighted by Crippen LogP contribution is 2.35. The number of carbonyl (C=O) groups excluding carboxylic acids is 6. The van der Waals surface area contributed by atoms with Crippen LogP contribution < -0.4 is 9.71 Å². The fourth-order valence-corrected chi connectivity index (χ4v) is 5.55. The molecule has 1 atom stereocenters. The first-order valence-corrected chi connectivity index (χ1v) is 15.5. The molecule has 1 aliphatic heterocycles. The smallest absolute Gasteiger partial charge is 0.410 e. The van der Waals surface area contributed by atoms with Crippen LogP contribution in [0.2, 0.25) is 0 Å². The average Bonchev–Trinajstić information content (AvgIpc) is 3.30. The molecule has 1 heterocycles. The number of quaternary nitrogens is 1. The topological polar surface area (TPSA) is 162 Å². The lowest BCUT2D eigenvalue weighted by Crippen LogP contribution is -2.51. The minimum atomic E-state index is -1.60. The fourth-order valence-electron chi connectivity index (χ4n) is 5.55. The minimum absolute atomic E-state index is 0.0111. The highest BCUT2D eigenvalue weighted by Gasteiger charge is 2.56. The van der Waals surface area contributed by atoms with Crippen molar-refractivity contribution in [1.82, 2.24) is 14.4 Å². The lowest BCUT2D eigenvalue weighted by molar-refractivity contribution is -0.128. The molecule has 4 aromatic rings. The highest BCUT2D eigenvalue weighted by molar-refractivity contribution is 6.28. The third-order valence-corrected chi connectivity index (χ3v) is 8.35. The van der Waals surface area contributed by atoms with E-state index in [9.17, 15) is 39.2 Å². The molecule has 0 saturated carbocycles. The van der Waals surface area contributed by atoms with Crippen LogP contribution in [0.15, 0.2) is 91.0 Å². The Labute approximate surface area is 287 Å². The first kappa shape index (κ1) is 35.3. The van der Waals surface area contributed by atoms with Gasteiger partial charge in [0.2, 0.25) is 5.91 Å². The van der Waals surface area contributed by atoms with Crippen molar-refractivity contribution in [3.05, 3.63) is 130 Å². The summed E-state index contributed by atoms with van der Waals surface area (Å²) in [6, 6.07) is 23.0. The molecule has 2 N–H and O–H groups in total. The first-order chi connectivity index (χ1) is 23.7. The number of hydrogen-bond donors (Lipinski definition) is 2. The maximum absolute atomic E-state index is 13.5. The van der Waals surface area contributed by atoms with Gasteiger partial charge in [-0.2, -0.15) is 10.3 Å². The van der Waals surface area contributed by atoms with Gasteiger partial charge in [0.15, 0.2) is 11.5 Å². The second-order valence-electron chi connectivity index (χ2n) is 12.0. The van der Waals surface area contributed by atoms with Crippen LogP contribution in [0.5, 0.6) is 0 Å². The number of ether oxygens (including phenoxy) is 1. The average molecular weight is 680 g/mol. The molecule has 5 amide bonds. The second kappa shape index (κ2) is 14.2. The number of amides is 5. The van der Waals surface area contributed by atoms with Crippen LogP contribution in [0.4, 0.5) is 16.2 Å². The minimum Gasteiger partial charge on any atom is -0.445 e. The van der Waals surface area contributed by atoms with Crippen molar-refractivity contribution in [1.29, 1.82) is 0 Å². The maximum atomic E-state index is 13.5. The Morgan fingerprint density at radius 2 is 1.32 bits per heavy atom. The van der Waals surface area contributed by atoms with Gasteiger partial charge in [-0.1, -0.05) is 48.5 Å². The second-order valence-corrected chi connectivity index (χ2v) is 12.0. The highest BCUT2D eigenvalue weighted by atomic mass is 16.6. The molecule has 5 rings (SSSR count). The molecule has 1 unspecified atom stereocenters. The fraction of sp³-hybridized carbons (Fsp3) is 0.189. The van der Waals surface area contributed by atoms with E-state index in [0.717, 1.165) is 0 Å². The molecule has 50 heavy (non-hydrogen) atoms. The summed E-state index contributed by atoms with van der Waals surface area (Å²) in [5, 5.41) is 22.5. The van der Waals surface area contributed by atoms with Gasteiger partial charge in [0.1, 0.15) is 17.7 Å². The van der Waals surface area contributed by atoms with E-state index in [0.29, 0.717) is 21.8 Å². The number of benzene rings is 4. The van der Waals surface area contributed by atoms with Gasteiger partial charge in [-0.15, -0.1) is 0 Å². The summed E-state index contributed by atoms with van der Waals surface area (Å²) < 4.78 is 3.85. The number of ketones is 1. The van der Waals surface area contributed by atoms with E-state index in [4.69, 9.17) is 4.74 Å². The Morgan fingerprint density at radius 3 is 2.00 bits per heavy atom. The van der Waals surface area contributed by atoms with Gasteiger partial charge in [-0.25, -0.2) is 14.4 Å². The monoisotopic (exact) mass is 679 g/mol. The van der Waals surface area contributed by atoms with Gasteiger partial charge in [-0.05, 0) is 58.6 Å². The summed E-state index contributed by atoms with van der Waals surface area (Å²) in [4.78, 5) is 79.1. The Morgan fingerprint density at radius 1 is 0.700 bits per heavy atom. The van der Waals surface area contributed by atoms with Crippen LogP contribution in [0.3, 0.4) is 0 Å². The number of hydroxylamine groups is 3. The van der Waals surface area contributed by atoms with Crippen LogP contribution in [-0.4, -0.2) is 69.8 Å². The Hall–Kier alpha value is -6.02. The van der Waals surface area contributed by atoms with E-state index in [1.54, 1.807) is 43.4 Å². The van der Waals surface area contributed by atoms with Gasteiger partial charge < -0.3 is 14.5 Å². The summed E-state index contributed by atoms with van der Waals surface area (Å²) in [5.74, 6) is -2.99. The molecule has 0 aromatic heterocycles. The van der Waals surface area contributed by atoms with Gasteiger partial charge in [0.05, 0.1) is 11.3 Å². The third kappa shape index (κ3) is 6.91. The van der Waals surface area contributed by atoms with Crippen molar-refractivity contribution in [3.8, 4) is 0 Å². The summed E-state index contributed by atoms with van der Waals surface area (Å²) in [7, 11) is 3.10. The maximum Gasteiger partial charge on any atom is 0.410 e. The number of fused-ring (bicyclic) bond motifs is 1. The lowest BCUT2D eigenvalue weighted by Gasteiger charge is -2.20. The van der Waals surface area contributed by atoms with E-state index in [-0.39, 0.29) is 65.0 Å². The van der Waals surface area contributed by atoms with Crippen LogP contribution in [-0.2, 0) is 29.2 Å². The standard InChI is InChI=1S/C37H35N4O9/c1-23(42)30-13-5-6-14-31(30)34(44)40(48)28-11-7-9-25(17-28)21-39(4)37(47)50-22-27-15-16-32-33(19-27)36(46)41(49,35(32)45)29-12-8-10-26(18-29)20-38(3)24(2)43/h5-19,48-49H,20-22H2,1-4H3/q+1. The molecule has 0 fully saturated rings. The number of anilines is 1. The lowest BCUT2D eigenvalue weighted by atomic mass is 10.0. The van der Waals surface area contributed by atoms with Crippen molar-refractivity contribution in [2.75, 3.05) is 19.2 Å².